The summed E-state index contributed by atoms with van der Waals surface area (Å²) in [6, 6.07) is 8.33. The molecular weight excluding hydrogens is 255 g/mol. The molecule has 0 aliphatic heterocycles. The minimum Gasteiger partial charge on any atom is -0.759 e. The van der Waals surface area contributed by atoms with Crippen molar-refractivity contribution in [3.8, 4) is 10.4 Å². The van der Waals surface area contributed by atoms with Crippen LogP contribution < -0.4 is 0 Å². The van der Waals surface area contributed by atoms with Gasteiger partial charge >= 0.3 is 0 Å². The Labute approximate surface area is 107 Å². The number of halogens is 1. The largest absolute Gasteiger partial charge is 0.759 e. The first kappa shape index (κ1) is 10.6. The molecule has 0 amide bonds. The van der Waals surface area contributed by atoms with Crippen molar-refractivity contribution < 1.29 is 4.39 Å². The van der Waals surface area contributed by atoms with E-state index in [9.17, 15) is 4.39 Å². The van der Waals surface area contributed by atoms with Gasteiger partial charge in [0.15, 0.2) is 0 Å². The highest BCUT2D eigenvalue weighted by atomic mass is 32.1. The van der Waals surface area contributed by atoms with Gasteiger partial charge in [-0.25, -0.2) is 9.37 Å². The maximum Gasteiger partial charge on any atom is 0.123 e. The highest BCUT2D eigenvalue weighted by molar-refractivity contribution is 7.59. The fraction of sp³-hybridized carbons (Fsp3) is 0. The molecule has 3 rings (SSSR count). The van der Waals surface area contributed by atoms with Crippen LogP contribution in [0.5, 0.6) is 0 Å². The van der Waals surface area contributed by atoms with E-state index in [0.29, 0.717) is 5.03 Å². The summed E-state index contributed by atoms with van der Waals surface area (Å²) in [5, 5.41) is 0.563. The number of aromatic nitrogens is 2. The molecule has 0 fully saturated rings. The Morgan fingerprint density at radius 3 is 2.59 bits per heavy atom. The summed E-state index contributed by atoms with van der Waals surface area (Å²) in [4.78, 5) is 9.17. The van der Waals surface area contributed by atoms with Gasteiger partial charge in [-0.05, 0) is 23.8 Å². The summed E-state index contributed by atoms with van der Waals surface area (Å²) >= 11 is 6.67. The van der Waals surface area contributed by atoms with E-state index in [1.807, 2.05) is 6.07 Å². The highest BCUT2D eigenvalue weighted by Gasteiger charge is 2.05. The Hall–Kier alpha value is -1.59. The van der Waals surface area contributed by atoms with Gasteiger partial charge < -0.3 is 12.6 Å². The van der Waals surface area contributed by atoms with Crippen molar-refractivity contribution >= 4 is 34.2 Å². The number of hydrogen-bond donors (Lipinski definition) is 0. The van der Waals surface area contributed by atoms with Crippen LogP contribution >= 0.6 is 11.3 Å². The highest BCUT2D eigenvalue weighted by Crippen LogP contribution is 2.33. The topological polar surface area (TPSA) is 25.8 Å². The lowest BCUT2D eigenvalue weighted by molar-refractivity contribution is 0.628. The molecule has 2 heterocycles. The van der Waals surface area contributed by atoms with E-state index in [0.717, 1.165) is 20.7 Å². The monoisotopic (exact) mass is 261 g/mol. The van der Waals surface area contributed by atoms with E-state index in [1.54, 1.807) is 12.1 Å². The second-order valence-corrected chi connectivity index (χ2v) is 4.95. The molecule has 0 bridgehead atoms. The van der Waals surface area contributed by atoms with E-state index in [-0.39, 0.29) is 5.82 Å². The van der Waals surface area contributed by atoms with Crippen LogP contribution in [-0.4, -0.2) is 9.97 Å². The van der Waals surface area contributed by atoms with Crippen LogP contribution in [0.2, 0.25) is 0 Å². The quantitative estimate of drug-likeness (QED) is 0.496. The Morgan fingerprint density at radius 2 is 1.88 bits per heavy atom. The van der Waals surface area contributed by atoms with Crippen LogP contribution in [-0.2, 0) is 12.6 Å². The van der Waals surface area contributed by atoms with Crippen LogP contribution in [0.25, 0.3) is 20.7 Å². The van der Waals surface area contributed by atoms with Crippen molar-refractivity contribution in [1.82, 2.24) is 9.97 Å². The smallest absolute Gasteiger partial charge is 0.123 e. The summed E-state index contributed by atoms with van der Waals surface area (Å²) in [7, 11) is 0. The van der Waals surface area contributed by atoms with Crippen LogP contribution in [0.15, 0.2) is 41.7 Å². The van der Waals surface area contributed by atoms with Crippen LogP contribution in [0.1, 0.15) is 0 Å². The van der Waals surface area contributed by atoms with E-state index in [2.05, 4.69) is 9.97 Å². The molecule has 1 aromatic carbocycles. The average Bonchev–Trinajstić information content (AvgIpc) is 2.75. The number of rotatable bonds is 1. The minimum atomic E-state index is -0.237. The van der Waals surface area contributed by atoms with Gasteiger partial charge in [-0.1, -0.05) is 17.2 Å². The predicted molar refractivity (Wildman–Crippen MR) is 68.4 cm³/mol. The van der Waals surface area contributed by atoms with Gasteiger partial charge in [-0.15, -0.1) is 11.3 Å². The van der Waals surface area contributed by atoms with Crippen LogP contribution in [0.3, 0.4) is 0 Å². The van der Waals surface area contributed by atoms with Crippen molar-refractivity contribution in [2.45, 2.75) is 5.03 Å². The molecule has 3 aromatic rings. The molecule has 2 nitrogen and oxygen atoms in total. The fourth-order valence-electron chi connectivity index (χ4n) is 1.59. The maximum atomic E-state index is 12.8. The zero-order valence-electron chi connectivity index (χ0n) is 8.55. The van der Waals surface area contributed by atoms with Gasteiger partial charge in [0.2, 0.25) is 0 Å². The SMILES string of the molecule is Fc1ccc(-c2cc3ncnc([S-])c3s2)cc1. The molecule has 0 unspecified atom stereocenters. The Bertz CT molecular complexity index is 677. The van der Waals surface area contributed by atoms with E-state index >= 15 is 0 Å². The fourth-order valence-corrected chi connectivity index (χ4v) is 2.87. The average molecular weight is 261 g/mol. The third kappa shape index (κ3) is 1.87. The first-order chi connectivity index (χ1) is 8.24. The Balaban J connectivity index is 2.18. The molecule has 0 saturated carbocycles. The van der Waals surface area contributed by atoms with Gasteiger partial charge in [0, 0.05) is 4.88 Å². The maximum absolute atomic E-state index is 12.8. The normalized spacial score (nSPS) is 10.9. The van der Waals surface area contributed by atoms with Crippen LogP contribution in [0.4, 0.5) is 4.39 Å². The lowest BCUT2D eigenvalue weighted by Gasteiger charge is -2.02. The molecule has 0 radical (unpaired) electrons. The zero-order valence-corrected chi connectivity index (χ0v) is 10.2. The van der Waals surface area contributed by atoms with Crippen molar-refractivity contribution in [3.05, 3.63) is 42.5 Å². The van der Waals surface area contributed by atoms with Crippen molar-refractivity contribution in [2.75, 3.05) is 0 Å². The third-order valence-corrected chi connectivity index (χ3v) is 4.03. The molecule has 2 aromatic heterocycles. The molecule has 0 aliphatic carbocycles. The van der Waals surface area contributed by atoms with Crippen molar-refractivity contribution in [1.29, 1.82) is 0 Å². The van der Waals surface area contributed by atoms with E-state index < -0.39 is 0 Å². The second-order valence-electron chi connectivity index (χ2n) is 3.51. The Morgan fingerprint density at radius 1 is 1.12 bits per heavy atom. The van der Waals surface area contributed by atoms with Gasteiger partial charge in [0.25, 0.3) is 0 Å². The Kier molecular flexibility index (Phi) is 2.49. The molecule has 17 heavy (non-hydrogen) atoms. The lowest BCUT2D eigenvalue weighted by Crippen LogP contribution is -1.80. The summed E-state index contributed by atoms with van der Waals surface area (Å²) in [6.45, 7) is 0. The number of nitrogens with zero attached hydrogens (tertiary/aromatic N) is 2. The lowest BCUT2D eigenvalue weighted by atomic mass is 10.2. The van der Waals surface area contributed by atoms with Crippen LogP contribution in [0, 0.1) is 5.82 Å². The van der Waals surface area contributed by atoms with Crippen molar-refractivity contribution in [2.24, 2.45) is 0 Å². The zero-order chi connectivity index (χ0) is 11.8. The molecule has 0 atom stereocenters. The standard InChI is InChI=1S/C12H7FN2S2/c13-8-3-1-7(2-4-8)10-5-9-11(17-10)12(16)15-6-14-9/h1-6H,(H,14,15,16)/p-1. The number of benzene rings is 1. The molecule has 0 aliphatic rings. The second kappa shape index (κ2) is 4.01. The predicted octanol–water partition coefficient (Wildman–Crippen LogP) is 3.40. The summed E-state index contributed by atoms with van der Waals surface area (Å²) < 4.78 is 13.7. The summed E-state index contributed by atoms with van der Waals surface area (Å²) in [5.41, 5.74) is 1.80. The number of hydrogen-bond acceptors (Lipinski definition) is 4. The summed E-state index contributed by atoms with van der Waals surface area (Å²) in [5.74, 6) is -0.237. The van der Waals surface area contributed by atoms with Crippen molar-refractivity contribution in [3.63, 3.8) is 0 Å². The van der Waals surface area contributed by atoms with Gasteiger partial charge in [0.1, 0.15) is 12.1 Å². The molecular formula is C12H6FN2S2-. The van der Waals surface area contributed by atoms with E-state index in [1.165, 1.54) is 29.8 Å². The molecule has 0 spiro atoms. The molecule has 5 heteroatoms. The molecule has 0 N–H and O–H groups in total. The first-order valence-electron chi connectivity index (χ1n) is 4.91. The minimum absolute atomic E-state index is 0.237. The molecule has 0 saturated heterocycles. The van der Waals surface area contributed by atoms with Gasteiger partial charge in [-0.2, -0.15) is 0 Å². The van der Waals surface area contributed by atoms with E-state index in [4.69, 9.17) is 12.6 Å². The van der Waals surface area contributed by atoms with Gasteiger partial charge in [-0.3, -0.25) is 4.98 Å². The number of thiophene rings is 1. The summed E-state index contributed by atoms with van der Waals surface area (Å²) in [6.07, 6.45) is 1.46. The number of fused-ring (bicyclic) bond motifs is 1. The first-order valence-corrected chi connectivity index (χ1v) is 6.14. The van der Waals surface area contributed by atoms with Gasteiger partial charge in [0.05, 0.1) is 10.2 Å². The molecule has 84 valence electrons. The third-order valence-electron chi connectivity index (χ3n) is 2.41.